The molecule has 0 aromatic carbocycles. The van der Waals surface area contributed by atoms with Crippen LogP contribution in [-0.4, -0.2) is 0 Å². The van der Waals surface area contributed by atoms with Gasteiger partial charge in [0.05, 0.1) is 0 Å². The molecule has 7 heavy (non-hydrogen) atoms. The van der Waals surface area contributed by atoms with Crippen LogP contribution in [0.1, 0.15) is 13.3 Å². The van der Waals surface area contributed by atoms with Crippen molar-refractivity contribution in [2.24, 2.45) is 0 Å². The van der Waals surface area contributed by atoms with Crippen molar-refractivity contribution in [3.05, 3.63) is 12.3 Å². The summed E-state index contributed by atoms with van der Waals surface area (Å²) < 4.78 is 0. The Morgan fingerprint density at radius 1 is 1.86 bits per heavy atom. The second-order valence-electron chi connectivity index (χ2n) is 1.10. The Morgan fingerprint density at radius 3 is 3.00 bits per heavy atom. The third-order valence-corrected chi connectivity index (χ3v) is 0.520. The van der Waals surface area contributed by atoms with Crippen LogP contribution in [-0.2, 0) is 0 Å². The van der Waals surface area contributed by atoms with Crippen molar-refractivity contribution in [1.82, 2.24) is 5.32 Å². The first-order valence-electron chi connectivity index (χ1n) is 2.28. The summed E-state index contributed by atoms with van der Waals surface area (Å²) in [5.41, 5.74) is 0. The molecular formula is C6H9N. The molecule has 0 saturated heterocycles. The lowest BCUT2D eigenvalue weighted by molar-refractivity contribution is 1.16. The Bertz CT molecular complexity index is 86.8. The Morgan fingerprint density at radius 2 is 2.57 bits per heavy atom. The lowest BCUT2D eigenvalue weighted by atomic mass is 10.5. The molecule has 0 heterocycles. The van der Waals surface area contributed by atoms with E-state index < -0.39 is 0 Å². The number of hydrogen-bond donors (Lipinski definition) is 1. The van der Waals surface area contributed by atoms with Gasteiger partial charge >= 0.3 is 0 Å². The molecule has 1 N–H and O–H groups in total. The van der Waals surface area contributed by atoms with Gasteiger partial charge in [-0.1, -0.05) is 19.4 Å². The highest BCUT2D eigenvalue weighted by Gasteiger charge is 1.59. The summed E-state index contributed by atoms with van der Waals surface area (Å²) in [4.78, 5) is 0. The second-order valence-corrected chi connectivity index (χ2v) is 1.10. The molecule has 0 rings (SSSR count). The van der Waals surface area contributed by atoms with Crippen molar-refractivity contribution >= 4 is 0 Å². The smallest absolute Gasteiger partial charge is 0.00524 e. The number of allylic oxidation sites excluding steroid dienone is 1. The van der Waals surface area contributed by atoms with Gasteiger partial charge < -0.3 is 5.32 Å². The minimum absolute atomic E-state index is 1.02. The van der Waals surface area contributed by atoms with Gasteiger partial charge in [-0.15, -0.1) is 0 Å². The van der Waals surface area contributed by atoms with Gasteiger partial charge in [-0.05, 0) is 6.42 Å². The monoisotopic (exact) mass is 95.1 g/mol. The Labute approximate surface area is 44.4 Å². The summed E-state index contributed by atoms with van der Waals surface area (Å²) >= 11 is 0. The fourth-order valence-corrected chi connectivity index (χ4v) is 0.225. The molecular weight excluding hydrogens is 86.1 g/mol. The first-order valence-corrected chi connectivity index (χ1v) is 2.28. The average Bonchev–Trinajstić information content (AvgIpc) is 1.69. The minimum atomic E-state index is 1.02. The van der Waals surface area contributed by atoms with Crippen molar-refractivity contribution in [1.29, 1.82) is 0 Å². The summed E-state index contributed by atoms with van der Waals surface area (Å²) in [6.07, 6.45) is 9.59. The molecule has 0 radical (unpaired) electrons. The van der Waals surface area contributed by atoms with E-state index in [-0.39, 0.29) is 0 Å². The van der Waals surface area contributed by atoms with Crippen molar-refractivity contribution in [3.8, 4) is 12.5 Å². The van der Waals surface area contributed by atoms with E-state index in [9.17, 15) is 0 Å². The topological polar surface area (TPSA) is 12.0 Å². The molecule has 1 nitrogen and oxygen atoms in total. The molecule has 1 heteroatoms. The number of terminal acetylenes is 1. The summed E-state index contributed by atoms with van der Waals surface area (Å²) in [5.74, 6) is 0. The second kappa shape index (κ2) is 5.10. The van der Waals surface area contributed by atoms with E-state index in [0.717, 1.165) is 6.42 Å². The molecule has 0 amide bonds. The molecule has 0 fully saturated rings. The summed E-state index contributed by atoms with van der Waals surface area (Å²) in [5, 5.41) is 2.60. The van der Waals surface area contributed by atoms with Crippen LogP contribution in [0.2, 0.25) is 0 Å². The molecule has 0 aromatic heterocycles. The van der Waals surface area contributed by atoms with Crippen LogP contribution in [0.3, 0.4) is 0 Å². The van der Waals surface area contributed by atoms with Gasteiger partial charge in [0.1, 0.15) is 0 Å². The van der Waals surface area contributed by atoms with E-state index in [0.29, 0.717) is 0 Å². The zero-order chi connectivity index (χ0) is 5.54. The number of hydrogen-bond acceptors (Lipinski definition) is 1. The maximum absolute atomic E-state index is 4.86. The minimum Gasteiger partial charge on any atom is -0.322 e. The summed E-state index contributed by atoms with van der Waals surface area (Å²) in [7, 11) is 0. The standard InChI is InChI=1S/C6H9N/c1-3-5-6-7-4-2/h2,5-7H,3H2,1H3/b6-5+. The van der Waals surface area contributed by atoms with Crippen LogP contribution < -0.4 is 5.32 Å². The fraction of sp³-hybridized carbons (Fsp3) is 0.333. The molecule has 0 spiro atoms. The van der Waals surface area contributed by atoms with Gasteiger partial charge in [0, 0.05) is 12.2 Å². The zero-order valence-corrected chi connectivity index (χ0v) is 4.44. The molecule has 38 valence electrons. The highest BCUT2D eigenvalue weighted by Crippen LogP contribution is 1.72. The summed E-state index contributed by atoms with van der Waals surface area (Å²) in [6, 6.07) is 2.27. The largest absolute Gasteiger partial charge is 0.322 e. The Kier molecular flexibility index (Phi) is 4.44. The van der Waals surface area contributed by atoms with Crippen LogP contribution in [0.25, 0.3) is 0 Å². The van der Waals surface area contributed by atoms with Crippen molar-refractivity contribution < 1.29 is 0 Å². The van der Waals surface area contributed by atoms with Gasteiger partial charge in [-0.25, -0.2) is 0 Å². The lowest BCUT2D eigenvalue weighted by Gasteiger charge is -1.78. The number of nitrogens with one attached hydrogen (secondary N) is 1. The van der Waals surface area contributed by atoms with Crippen LogP contribution in [0.15, 0.2) is 12.3 Å². The predicted molar refractivity (Wildman–Crippen MR) is 31.4 cm³/mol. The van der Waals surface area contributed by atoms with Crippen LogP contribution >= 0.6 is 0 Å². The Balaban J connectivity index is 2.97. The molecule has 0 aromatic rings. The van der Waals surface area contributed by atoms with E-state index in [2.05, 4.69) is 18.3 Å². The predicted octanol–water partition coefficient (Wildman–Crippen LogP) is 1.09. The van der Waals surface area contributed by atoms with E-state index in [1.165, 1.54) is 0 Å². The highest BCUT2D eigenvalue weighted by atomic mass is 14.8. The lowest BCUT2D eigenvalue weighted by Crippen LogP contribution is -1.89. The van der Waals surface area contributed by atoms with E-state index in [1.54, 1.807) is 6.20 Å². The van der Waals surface area contributed by atoms with Gasteiger partial charge in [0.15, 0.2) is 0 Å². The van der Waals surface area contributed by atoms with Gasteiger partial charge in [0.2, 0.25) is 0 Å². The van der Waals surface area contributed by atoms with Crippen LogP contribution in [0.4, 0.5) is 0 Å². The molecule has 0 bridgehead atoms. The maximum atomic E-state index is 4.86. The van der Waals surface area contributed by atoms with Crippen LogP contribution in [0.5, 0.6) is 0 Å². The zero-order valence-electron chi connectivity index (χ0n) is 4.44. The van der Waals surface area contributed by atoms with Crippen molar-refractivity contribution in [2.75, 3.05) is 0 Å². The molecule has 0 unspecified atom stereocenters. The molecule has 0 saturated carbocycles. The molecule has 0 aliphatic heterocycles. The SMILES string of the molecule is C#CN/C=C/CC. The number of rotatable bonds is 2. The third kappa shape index (κ3) is 5.10. The maximum Gasteiger partial charge on any atom is 0.00524 e. The van der Waals surface area contributed by atoms with E-state index in [1.807, 2.05) is 6.08 Å². The third-order valence-electron chi connectivity index (χ3n) is 0.520. The average molecular weight is 95.1 g/mol. The quantitative estimate of drug-likeness (QED) is 0.400. The van der Waals surface area contributed by atoms with Crippen molar-refractivity contribution in [3.63, 3.8) is 0 Å². The van der Waals surface area contributed by atoms with E-state index >= 15 is 0 Å². The van der Waals surface area contributed by atoms with E-state index in [4.69, 9.17) is 6.42 Å². The molecule has 0 atom stereocenters. The van der Waals surface area contributed by atoms with Gasteiger partial charge in [-0.3, -0.25) is 0 Å². The van der Waals surface area contributed by atoms with Crippen molar-refractivity contribution in [2.45, 2.75) is 13.3 Å². The fourth-order valence-electron chi connectivity index (χ4n) is 0.225. The first-order chi connectivity index (χ1) is 3.41. The summed E-state index contributed by atoms with van der Waals surface area (Å²) in [6.45, 7) is 2.05. The highest BCUT2D eigenvalue weighted by molar-refractivity contribution is 4.90. The molecule has 0 aliphatic rings. The normalized spacial score (nSPS) is 8.57. The van der Waals surface area contributed by atoms with Gasteiger partial charge in [-0.2, -0.15) is 0 Å². The van der Waals surface area contributed by atoms with Crippen LogP contribution in [0, 0.1) is 12.5 Å². The molecule has 0 aliphatic carbocycles. The van der Waals surface area contributed by atoms with Gasteiger partial charge in [0.25, 0.3) is 0 Å². The first kappa shape index (κ1) is 6.10. The Hall–Kier alpha value is -0.900.